The zero-order chi connectivity index (χ0) is 11.4. The molecular weight excluding hydrogens is 204 g/mol. The first-order chi connectivity index (χ1) is 7.74. The topological polar surface area (TPSA) is 64.3 Å². The van der Waals surface area contributed by atoms with Gasteiger partial charge in [0.1, 0.15) is 0 Å². The summed E-state index contributed by atoms with van der Waals surface area (Å²) in [6.07, 6.45) is 1.24. The fourth-order valence-corrected chi connectivity index (χ4v) is 1.78. The Bertz CT molecular complexity index is 362. The fourth-order valence-electron chi connectivity index (χ4n) is 1.78. The van der Waals surface area contributed by atoms with Crippen LogP contribution in [0.3, 0.4) is 0 Å². The van der Waals surface area contributed by atoms with Crippen molar-refractivity contribution in [2.75, 3.05) is 18.9 Å². The molecule has 1 unspecified atom stereocenters. The maximum Gasteiger partial charge on any atom is 0.222 e. The summed E-state index contributed by atoms with van der Waals surface area (Å²) in [5.41, 5.74) is 7.52. The van der Waals surface area contributed by atoms with Crippen LogP contribution in [-0.2, 0) is 16.0 Å². The van der Waals surface area contributed by atoms with Gasteiger partial charge in [-0.05, 0) is 24.1 Å². The number of nitrogens with one attached hydrogen (secondary N) is 1. The second kappa shape index (κ2) is 4.99. The summed E-state index contributed by atoms with van der Waals surface area (Å²) < 4.78 is 5.37. The molecule has 1 atom stereocenters. The second-order valence-corrected chi connectivity index (χ2v) is 4.04. The smallest absolute Gasteiger partial charge is 0.222 e. The zero-order valence-electron chi connectivity index (χ0n) is 9.11. The van der Waals surface area contributed by atoms with Crippen LogP contribution in [0.2, 0.25) is 0 Å². The van der Waals surface area contributed by atoms with Gasteiger partial charge >= 0.3 is 0 Å². The van der Waals surface area contributed by atoms with Gasteiger partial charge in [0.2, 0.25) is 5.91 Å². The number of nitrogen functional groups attached to an aromatic ring is 1. The fraction of sp³-hybridized carbons (Fsp3) is 0.417. The molecule has 0 aromatic heterocycles. The van der Waals surface area contributed by atoms with Gasteiger partial charge in [-0.15, -0.1) is 0 Å². The summed E-state index contributed by atoms with van der Waals surface area (Å²) in [6.45, 7) is 1.10. The third-order valence-corrected chi connectivity index (χ3v) is 2.62. The largest absolute Gasteiger partial charge is 0.399 e. The molecule has 4 nitrogen and oxygen atoms in total. The van der Waals surface area contributed by atoms with Crippen LogP contribution in [0.25, 0.3) is 0 Å². The number of amides is 1. The van der Waals surface area contributed by atoms with E-state index in [-0.39, 0.29) is 11.9 Å². The third-order valence-electron chi connectivity index (χ3n) is 2.62. The summed E-state index contributed by atoms with van der Waals surface area (Å²) in [5, 5.41) is 2.95. The molecule has 0 aliphatic carbocycles. The summed E-state index contributed by atoms with van der Waals surface area (Å²) >= 11 is 0. The zero-order valence-corrected chi connectivity index (χ0v) is 9.11. The molecule has 86 valence electrons. The van der Waals surface area contributed by atoms with Crippen LogP contribution in [0.5, 0.6) is 0 Å². The van der Waals surface area contributed by atoms with Gasteiger partial charge in [-0.2, -0.15) is 0 Å². The average molecular weight is 220 g/mol. The van der Waals surface area contributed by atoms with E-state index >= 15 is 0 Å². The minimum Gasteiger partial charge on any atom is -0.399 e. The molecule has 1 amide bonds. The van der Waals surface area contributed by atoms with Gasteiger partial charge in [0.15, 0.2) is 0 Å². The molecule has 1 aliphatic rings. The molecule has 1 aromatic carbocycles. The van der Waals surface area contributed by atoms with E-state index in [4.69, 9.17) is 10.5 Å². The van der Waals surface area contributed by atoms with E-state index in [0.717, 1.165) is 17.7 Å². The molecule has 2 rings (SSSR count). The minimum absolute atomic E-state index is 0.0675. The Morgan fingerprint density at radius 2 is 2.12 bits per heavy atom. The Morgan fingerprint density at radius 3 is 2.88 bits per heavy atom. The summed E-state index contributed by atoms with van der Waals surface area (Å²) in [7, 11) is 0. The van der Waals surface area contributed by atoms with Gasteiger partial charge in [-0.1, -0.05) is 12.1 Å². The lowest BCUT2D eigenvalue weighted by molar-refractivity contribution is -0.121. The highest BCUT2D eigenvalue weighted by Crippen LogP contribution is 2.09. The van der Waals surface area contributed by atoms with E-state index in [1.807, 2.05) is 24.3 Å². The van der Waals surface area contributed by atoms with Gasteiger partial charge in [0, 0.05) is 12.1 Å². The maximum atomic E-state index is 11.3. The molecule has 3 N–H and O–H groups in total. The molecular formula is C12H16N2O2. The van der Waals surface area contributed by atoms with Crippen molar-refractivity contribution in [1.82, 2.24) is 5.32 Å². The standard InChI is InChI=1S/C12H16N2O2/c13-10-3-1-9(2-4-10)7-11-8-16-6-5-12(15)14-11/h1-4,11H,5-8,13H2,(H,14,15). The highest BCUT2D eigenvalue weighted by molar-refractivity contribution is 5.76. The predicted octanol–water partition coefficient (Wildman–Crippen LogP) is 0.716. The molecule has 1 saturated heterocycles. The molecule has 1 aromatic rings. The highest BCUT2D eigenvalue weighted by Gasteiger charge is 2.16. The van der Waals surface area contributed by atoms with Crippen molar-refractivity contribution in [1.29, 1.82) is 0 Å². The predicted molar refractivity (Wildman–Crippen MR) is 61.9 cm³/mol. The van der Waals surface area contributed by atoms with Crippen LogP contribution in [0, 0.1) is 0 Å². The lowest BCUT2D eigenvalue weighted by Gasteiger charge is -2.15. The number of benzene rings is 1. The van der Waals surface area contributed by atoms with Crippen molar-refractivity contribution in [2.45, 2.75) is 18.9 Å². The third kappa shape index (κ3) is 2.97. The van der Waals surface area contributed by atoms with Crippen LogP contribution in [-0.4, -0.2) is 25.2 Å². The molecule has 0 saturated carbocycles. The second-order valence-electron chi connectivity index (χ2n) is 4.04. The van der Waals surface area contributed by atoms with Crippen LogP contribution in [0.1, 0.15) is 12.0 Å². The number of hydrogen-bond acceptors (Lipinski definition) is 3. The van der Waals surface area contributed by atoms with E-state index in [0.29, 0.717) is 19.6 Å². The van der Waals surface area contributed by atoms with Gasteiger partial charge in [-0.25, -0.2) is 0 Å². The van der Waals surface area contributed by atoms with Crippen molar-refractivity contribution in [3.63, 3.8) is 0 Å². The van der Waals surface area contributed by atoms with Gasteiger partial charge in [-0.3, -0.25) is 4.79 Å². The van der Waals surface area contributed by atoms with Crippen LogP contribution >= 0.6 is 0 Å². The van der Waals surface area contributed by atoms with Crippen LogP contribution < -0.4 is 11.1 Å². The normalized spacial score (nSPS) is 21.2. The Hall–Kier alpha value is -1.55. The first-order valence-electron chi connectivity index (χ1n) is 5.45. The van der Waals surface area contributed by atoms with E-state index in [1.54, 1.807) is 0 Å². The number of anilines is 1. The van der Waals surface area contributed by atoms with Crippen LogP contribution in [0.15, 0.2) is 24.3 Å². The molecule has 16 heavy (non-hydrogen) atoms. The Morgan fingerprint density at radius 1 is 1.38 bits per heavy atom. The van der Waals surface area contributed by atoms with Crippen molar-refractivity contribution in [3.8, 4) is 0 Å². The van der Waals surface area contributed by atoms with Crippen molar-refractivity contribution >= 4 is 11.6 Å². The van der Waals surface area contributed by atoms with Gasteiger partial charge < -0.3 is 15.8 Å². The number of hydrogen-bond donors (Lipinski definition) is 2. The number of nitrogens with two attached hydrogens (primary N) is 1. The first kappa shape index (κ1) is 11.0. The number of rotatable bonds is 2. The van der Waals surface area contributed by atoms with E-state index in [9.17, 15) is 4.79 Å². The van der Waals surface area contributed by atoms with Crippen molar-refractivity contribution in [3.05, 3.63) is 29.8 Å². The number of ether oxygens (including phenoxy) is 1. The van der Waals surface area contributed by atoms with Crippen molar-refractivity contribution < 1.29 is 9.53 Å². The lowest BCUT2D eigenvalue weighted by atomic mass is 10.1. The van der Waals surface area contributed by atoms with E-state index in [2.05, 4.69) is 5.32 Å². The highest BCUT2D eigenvalue weighted by atomic mass is 16.5. The summed E-state index contributed by atoms with van der Waals surface area (Å²) in [6, 6.07) is 7.76. The molecule has 1 fully saturated rings. The average Bonchev–Trinajstić information content (AvgIpc) is 2.46. The van der Waals surface area contributed by atoms with Gasteiger partial charge in [0.05, 0.1) is 19.3 Å². The molecule has 1 aliphatic heterocycles. The monoisotopic (exact) mass is 220 g/mol. The maximum absolute atomic E-state index is 11.3. The van der Waals surface area contributed by atoms with E-state index in [1.165, 1.54) is 0 Å². The first-order valence-corrected chi connectivity index (χ1v) is 5.45. The Kier molecular flexibility index (Phi) is 3.41. The summed E-state index contributed by atoms with van der Waals surface area (Å²) in [5.74, 6) is 0.0675. The van der Waals surface area contributed by atoms with E-state index < -0.39 is 0 Å². The molecule has 0 radical (unpaired) electrons. The SMILES string of the molecule is Nc1ccc(CC2COCCC(=O)N2)cc1. The minimum atomic E-state index is 0.0675. The molecule has 4 heteroatoms. The van der Waals surface area contributed by atoms with Crippen molar-refractivity contribution in [2.24, 2.45) is 0 Å². The Balaban J connectivity index is 1.97. The molecule has 0 spiro atoms. The number of carbonyl (C=O) groups is 1. The quantitative estimate of drug-likeness (QED) is 0.722. The van der Waals surface area contributed by atoms with Crippen LogP contribution in [0.4, 0.5) is 5.69 Å². The molecule has 0 bridgehead atoms. The number of carbonyl (C=O) groups excluding carboxylic acids is 1. The molecule has 1 heterocycles. The van der Waals surface area contributed by atoms with Gasteiger partial charge in [0.25, 0.3) is 0 Å². The Labute approximate surface area is 94.8 Å². The summed E-state index contributed by atoms with van der Waals surface area (Å²) in [4.78, 5) is 11.3. The lowest BCUT2D eigenvalue weighted by Crippen LogP contribution is -2.37.